The molecule has 2 unspecified atom stereocenters. The van der Waals surface area contributed by atoms with Gasteiger partial charge in [-0.1, -0.05) is 5.16 Å². The molecule has 3 rings (SSSR count). The molecule has 2 aromatic heterocycles. The molecule has 0 radical (unpaired) electrons. The van der Waals surface area contributed by atoms with Crippen LogP contribution in [-0.4, -0.2) is 39.4 Å². The van der Waals surface area contributed by atoms with Crippen molar-refractivity contribution in [2.24, 2.45) is 7.05 Å². The minimum absolute atomic E-state index is 0.000859. The molecule has 1 saturated heterocycles. The van der Waals surface area contributed by atoms with E-state index in [1.54, 1.807) is 11.8 Å². The van der Waals surface area contributed by atoms with Crippen LogP contribution in [0.2, 0.25) is 0 Å². The van der Waals surface area contributed by atoms with Crippen LogP contribution in [0.4, 0.5) is 0 Å². The number of rotatable bonds is 4. The molecule has 2 aromatic rings. The maximum atomic E-state index is 13.2. The van der Waals surface area contributed by atoms with Gasteiger partial charge >= 0.3 is 0 Å². The van der Waals surface area contributed by atoms with Crippen LogP contribution in [0.25, 0.3) is 0 Å². The van der Waals surface area contributed by atoms with Gasteiger partial charge in [-0.05, 0) is 40.5 Å². The second-order valence-corrected chi connectivity index (χ2v) is 6.78. The van der Waals surface area contributed by atoms with E-state index in [-0.39, 0.29) is 17.9 Å². The summed E-state index contributed by atoms with van der Waals surface area (Å²) in [5, 5.41) is 8.46. The van der Waals surface area contributed by atoms with E-state index in [2.05, 4.69) is 10.3 Å². The smallest absolute Gasteiger partial charge is 0.230 e. The normalized spacial score (nSPS) is 18.6. The van der Waals surface area contributed by atoms with Crippen LogP contribution < -0.4 is 4.74 Å². The third-order valence-electron chi connectivity index (χ3n) is 5.17. The van der Waals surface area contributed by atoms with Gasteiger partial charge in [0.25, 0.3) is 0 Å². The van der Waals surface area contributed by atoms with E-state index >= 15 is 0 Å². The van der Waals surface area contributed by atoms with Crippen LogP contribution >= 0.6 is 0 Å². The number of carbonyl (C=O) groups is 1. The molecule has 0 aromatic carbocycles. The highest BCUT2D eigenvalue weighted by Gasteiger charge is 2.38. The number of ether oxygens (including phenoxy) is 1. The highest BCUT2D eigenvalue weighted by atomic mass is 16.5. The summed E-state index contributed by atoms with van der Waals surface area (Å²) in [7, 11) is 3.51. The van der Waals surface area contributed by atoms with Crippen molar-refractivity contribution in [1.82, 2.24) is 19.8 Å². The van der Waals surface area contributed by atoms with Gasteiger partial charge in [-0.3, -0.25) is 4.79 Å². The molecule has 0 saturated carbocycles. The number of aromatic nitrogens is 3. The van der Waals surface area contributed by atoms with Gasteiger partial charge in [0.2, 0.25) is 11.8 Å². The molecular weight excluding hydrogens is 320 g/mol. The first-order valence-electron chi connectivity index (χ1n) is 8.67. The lowest BCUT2D eigenvalue weighted by atomic mass is 9.96. The van der Waals surface area contributed by atoms with Gasteiger partial charge in [0, 0.05) is 19.2 Å². The molecule has 7 heteroatoms. The number of nitrogens with zero attached hydrogens (tertiary/aromatic N) is 4. The molecule has 3 heterocycles. The number of hydrogen-bond donors (Lipinski definition) is 0. The van der Waals surface area contributed by atoms with Gasteiger partial charge in [0.1, 0.15) is 5.76 Å². The molecule has 1 aliphatic rings. The Bertz CT molecular complexity index is 773. The molecule has 136 valence electrons. The molecule has 2 atom stereocenters. The summed E-state index contributed by atoms with van der Waals surface area (Å²) < 4.78 is 12.5. The molecule has 0 spiro atoms. The van der Waals surface area contributed by atoms with Gasteiger partial charge in [0.15, 0.2) is 0 Å². The summed E-state index contributed by atoms with van der Waals surface area (Å²) in [5.74, 6) is 1.26. The van der Waals surface area contributed by atoms with Crippen molar-refractivity contribution in [2.75, 3.05) is 13.7 Å². The number of aryl methyl sites for hydroxylation is 4. The Morgan fingerprint density at radius 2 is 2.04 bits per heavy atom. The van der Waals surface area contributed by atoms with E-state index in [9.17, 15) is 4.79 Å². The third kappa shape index (κ3) is 2.81. The Hall–Kier alpha value is -2.31. The fourth-order valence-electron chi connectivity index (χ4n) is 4.09. The van der Waals surface area contributed by atoms with Crippen LogP contribution in [0.1, 0.15) is 60.0 Å². The van der Waals surface area contributed by atoms with Crippen molar-refractivity contribution in [3.05, 3.63) is 28.3 Å². The Morgan fingerprint density at radius 1 is 1.32 bits per heavy atom. The Morgan fingerprint density at radius 3 is 2.64 bits per heavy atom. The van der Waals surface area contributed by atoms with Gasteiger partial charge < -0.3 is 14.2 Å². The fourth-order valence-corrected chi connectivity index (χ4v) is 4.09. The first kappa shape index (κ1) is 17.5. The van der Waals surface area contributed by atoms with Crippen LogP contribution in [0.15, 0.2) is 4.52 Å². The maximum Gasteiger partial charge on any atom is 0.230 e. The maximum absolute atomic E-state index is 13.2. The number of likely N-dealkylation sites (tertiary alicyclic amines) is 1. The summed E-state index contributed by atoms with van der Waals surface area (Å²) in [6, 6.07) is -0.000859. The van der Waals surface area contributed by atoms with Crippen molar-refractivity contribution >= 4 is 5.91 Å². The van der Waals surface area contributed by atoms with Crippen LogP contribution in [0.3, 0.4) is 0 Å². The quantitative estimate of drug-likeness (QED) is 0.851. The van der Waals surface area contributed by atoms with Gasteiger partial charge in [0.05, 0.1) is 36.0 Å². The zero-order valence-corrected chi connectivity index (χ0v) is 15.8. The Labute approximate surface area is 147 Å². The second-order valence-electron chi connectivity index (χ2n) is 6.78. The van der Waals surface area contributed by atoms with E-state index in [1.807, 2.05) is 39.6 Å². The fraction of sp³-hybridized carbons (Fsp3) is 0.611. The van der Waals surface area contributed by atoms with E-state index in [1.165, 1.54) is 0 Å². The number of methoxy groups -OCH3 is 1. The summed E-state index contributed by atoms with van der Waals surface area (Å²) in [4.78, 5) is 15.2. The van der Waals surface area contributed by atoms with Gasteiger partial charge in [-0.15, -0.1) is 0 Å². The average molecular weight is 346 g/mol. The molecule has 7 nitrogen and oxygen atoms in total. The van der Waals surface area contributed by atoms with Crippen molar-refractivity contribution in [1.29, 1.82) is 0 Å². The predicted molar refractivity (Wildman–Crippen MR) is 92.6 cm³/mol. The van der Waals surface area contributed by atoms with Crippen LogP contribution in [0.5, 0.6) is 5.88 Å². The Kier molecular flexibility index (Phi) is 4.58. The Balaban J connectivity index is 1.93. The van der Waals surface area contributed by atoms with E-state index < -0.39 is 0 Å². The average Bonchev–Trinajstić information content (AvgIpc) is 3.23. The molecule has 1 fully saturated rings. The number of amides is 1. The van der Waals surface area contributed by atoms with E-state index in [4.69, 9.17) is 9.26 Å². The van der Waals surface area contributed by atoms with E-state index in [0.29, 0.717) is 5.76 Å². The third-order valence-corrected chi connectivity index (χ3v) is 5.17. The zero-order chi connectivity index (χ0) is 18.3. The van der Waals surface area contributed by atoms with Gasteiger partial charge in [-0.2, -0.15) is 5.10 Å². The van der Waals surface area contributed by atoms with Crippen molar-refractivity contribution in [2.45, 2.75) is 52.5 Å². The largest absolute Gasteiger partial charge is 0.481 e. The molecule has 1 aliphatic heterocycles. The monoisotopic (exact) mass is 346 g/mol. The summed E-state index contributed by atoms with van der Waals surface area (Å²) in [6.45, 7) is 8.38. The standard InChI is InChI=1S/C18H26N4O3/c1-10(15-12(3)20-25-13(15)4)17(23)22-9-7-8-14(22)16-11(2)19-21(5)18(16)24-6/h10,14H,7-9H2,1-6H3. The first-order valence-corrected chi connectivity index (χ1v) is 8.67. The summed E-state index contributed by atoms with van der Waals surface area (Å²) in [6.07, 6.45) is 1.89. The molecule has 0 aliphatic carbocycles. The molecule has 25 heavy (non-hydrogen) atoms. The topological polar surface area (TPSA) is 73.4 Å². The molecular formula is C18H26N4O3. The number of carbonyl (C=O) groups excluding carboxylic acids is 1. The summed E-state index contributed by atoms with van der Waals surface area (Å²) >= 11 is 0. The lowest BCUT2D eigenvalue weighted by Gasteiger charge is -2.28. The van der Waals surface area contributed by atoms with Crippen LogP contribution in [0, 0.1) is 20.8 Å². The van der Waals surface area contributed by atoms with Crippen molar-refractivity contribution in [3.8, 4) is 5.88 Å². The van der Waals surface area contributed by atoms with Crippen molar-refractivity contribution in [3.63, 3.8) is 0 Å². The summed E-state index contributed by atoms with van der Waals surface area (Å²) in [5.41, 5.74) is 3.60. The van der Waals surface area contributed by atoms with E-state index in [0.717, 1.165) is 47.8 Å². The molecule has 1 amide bonds. The number of hydrogen-bond acceptors (Lipinski definition) is 5. The van der Waals surface area contributed by atoms with Crippen LogP contribution in [-0.2, 0) is 11.8 Å². The minimum Gasteiger partial charge on any atom is -0.481 e. The van der Waals surface area contributed by atoms with Crippen molar-refractivity contribution < 1.29 is 14.1 Å². The zero-order valence-electron chi connectivity index (χ0n) is 15.8. The highest BCUT2D eigenvalue weighted by Crippen LogP contribution is 2.40. The lowest BCUT2D eigenvalue weighted by Crippen LogP contribution is -2.34. The second kappa shape index (κ2) is 6.54. The minimum atomic E-state index is -0.283. The first-order chi connectivity index (χ1) is 11.9. The molecule has 0 N–H and O–H groups in total. The predicted octanol–water partition coefficient (Wildman–Crippen LogP) is 2.81. The highest BCUT2D eigenvalue weighted by molar-refractivity contribution is 5.84. The van der Waals surface area contributed by atoms with Gasteiger partial charge in [-0.25, -0.2) is 4.68 Å². The SMILES string of the molecule is COc1c(C2CCCN2C(=O)C(C)c2c(C)noc2C)c(C)nn1C. The molecule has 0 bridgehead atoms. The lowest BCUT2D eigenvalue weighted by molar-refractivity contribution is -0.133.